The zero-order valence-corrected chi connectivity index (χ0v) is 21.1. The molecule has 0 aliphatic carbocycles. The van der Waals surface area contributed by atoms with Gasteiger partial charge in [0.1, 0.15) is 18.1 Å². The summed E-state index contributed by atoms with van der Waals surface area (Å²) in [6.45, 7) is 3.52. The van der Waals surface area contributed by atoms with Crippen molar-refractivity contribution in [3.63, 3.8) is 0 Å². The summed E-state index contributed by atoms with van der Waals surface area (Å²) in [5.41, 5.74) is 9.17. The summed E-state index contributed by atoms with van der Waals surface area (Å²) in [6.07, 6.45) is 7.98. The lowest BCUT2D eigenvalue weighted by Gasteiger charge is -2.25. The zero-order chi connectivity index (χ0) is 26.6. The fourth-order valence-corrected chi connectivity index (χ4v) is 4.67. The zero-order valence-electron chi connectivity index (χ0n) is 21.1. The average molecular weight is 519 g/mol. The molecule has 0 atom stereocenters. The molecule has 0 bridgehead atoms. The summed E-state index contributed by atoms with van der Waals surface area (Å²) >= 11 is 0. The monoisotopic (exact) mass is 518 g/mol. The van der Waals surface area contributed by atoms with E-state index in [-0.39, 0.29) is 5.75 Å². The standard InChI is InChI=1S/C28H26N10O/c29-28-23(17-22(34-35-28)21-5-1-2-6-25(21)39)36-12-4-13-37(16-15-36)27-9-11-31-26(33-27)7-3-14-38-24-19-30-10-8-20(24)18-32-38/h1-2,5-6,8-11,17-19,39H,4,12-16H2,(H2,29,35). The second kappa shape index (κ2) is 10.6. The van der Waals surface area contributed by atoms with E-state index in [0.717, 1.165) is 55.0 Å². The van der Waals surface area contributed by atoms with Crippen molar-refractivity contribution in [1.29, 1.82) is 0 Å². The molecule has 194 valence electrons. The van der Waals surface area contributed by atoms with E-state index in [1.54, 1.807) is 36.9 Å². The minimum absolute atomic E-state index is 0.155. The molecule has 1 aliphatic heterocycles. The largest absolute Gasteiger partial charge is 0.507 e. The Morgan fingerprint density at radius 2 is 1.82 bits per heavy atom. The van der Waals surface area contributed by atoms with Crippen molar-refractivity contribution in [2.75, 3.05) is 41.7 Å². The number of rotatable bonds is 4. The van der Waals surface area contributed by atoms with Crippen LogP contribution in [-0.4, -0.2) is 66.2 Å². The van der Waals surface area contributed by atoms with Gasteiger partial charge in [0.2, 0.25) is 5.82 Å². The van der Waals surface area contributed by atoms with Gasteiger partial charge in [-0.3, -0.25) is 9.67 Å². The number of aromatic nitrogens is 7. The first-order valence-electron chi connectivity index (χ1n) is 12.6. The van der Waals surface area contributed by atoms with Crippen LogP contribution in [0.25, 0.3) is 22.2 Å². The Bertz CT molecular complexity index is 1690. The van der Waals surface area contributed by atoms with Crippen LogP contribution in [0.3, 0.4) is 0 Å². The maximum absolute atomic E-state index is 10.3. The highest BCUT2D eigenvalue weighted by atomic mass is 16.3. The van der Waals surface area contributed by atoms with Crippen LogP contribution >= 0.6 is 0 Å². The van der Waals surface area contributed by atoms with Gasteiger partial charge in [-0.05, 0) is 42.7 Å². The highest BCUT2D eigenvalue weighted by Crippen LogP contribution is 2.31. The maximum Gasteiger partial charge on any atom is 0.206 e. The van der Waals surface area contributed by atoms with Crippen molar-refractivity contribution in [2.24, 2.45) is 0 Å². The molecule has 5 aromatic rings. The lowest BCUT2D eigenvalue weighted by molar-refractivity contribution is 0.477. The van der Waals surface area contributed by atoms with Gasteiger partial charge in [0.15, 0.2) is 5.82 Å². The first-order valence-corrected chi connectivity index (χ1v) is 12.6. The van der Waals surface area contributed by atoms with Crippen molar-refractivity contribution in [1.82, 2.24) is 34.9 Å². The first-order chi connectivity index (χ1) is 19.2. The van der Waals surface area contributed by atoms with E-state index in [1.165, 1.54) is 0 Å². The van der Waals surface area contributed by atoms with Crippen LogP contribution < -0.4 is 15.5 Å². The molecule has 1 aromatic carbocycles. The number of phenols is 1. The second-order valence-electron chi connectivity index (χ2n) is 9.12. The number of phenolic OH excluding ortho intramolecular Hbond substituents is 1. The normalized spacial score (nSPS) is 13.6. The van der Waals surface area contributed by atoms with E-state index in [1.807, 2.05) is 35.0 Å². The molecule has 1 saturated heterocycles. The molecule has 11 heteroatoms. The predicted octanol–water partition coefficient (Wildman–Crippen LogP) is 2.73. The molecule has 1 aliphatic rings. The molecule has 3 N–H and O–H groups in total. The van der Waals surface area contributed by atoms with Gasteiger partial charge in [0.25, 0.3) is 0 Å². The smallest absolute Gasteiger partial charge is 0.206 e. The van der Waals surface area contributed by atoms with Gasteiger partial charge >= 0.3 is 0 Å². The number of nitrogens with zero attached hydrogens (tertiary/aromatic N) is 9. The molecular weight excluding hydrogens is 492 g/mol. The van der Waals surface area contributed by atoms with Crippen LogP contribution in [0.2, 0.25) is 0 Å². The van der Waals surface area contributed by atoms with Gasteiger partial charge in [-0.15, -0.1) is 10.2 Å². The van der Waals surface area contributed by atoms with Crippen LogP contribution in [0.1, 0.15) is 12.2 Å². The number of benzene rings is 1. The summed E-state index contributed by atoms with van der Waals surface area (Å²) in [4.78, 5) is 17.7. The van der Waals surface area contributed by atoms with Crippen LogP contribution in [0.15, 0.2) is 67.3 Å². The predicted molar refractivity (Wildman–Crippen MR) is 149 cm³/mol. The lowest BCUT2D eigenvalue weighted by Crippen LogP contribution is -2.31. The molecule has 0 unspecified atom stereocenters. The Morgan fingerprint density at radius 3 is 2.74 bits per heavy atom. The Labute approximate surface area is 225 Å². The van der Waals surface area contributed by atoms with E-state index in [0.29, 0.717) is 29.4 Å². The van der Waals surface area contributed by atoms with Crippen LogP contribution in [0.4, 0.5) is 17.3 Å². The molecule has 0 radical (unpaired) electrons. The molecule has 11 nitrogen and oxygen atoms in total. The van der Waals surface area contributed by atoms with E-state index in [9.17, 15) is 5.11 Å². The Kier molecular flexibility index (Phi) is 6.57. The summed E-state index contributed by atoms with van der Waals surface area (Å²) in [6, 6.07) is 12.8. The van der Waals surface area contributed by atoms with Crippen LogP contribution in [0, 0.1) is 11.8 Å². The molecule has 0 saturated carbocycles. The van der Waals surface area contributed by atoms with E-state index in [2.05, 4.69) is 46.9 Å². The summed E-state index contributed by atoms with van der Waals surface area (Å²) < 4.78 is 1.81. The number of para-hydroxylation sites is 1. The third kappa shape index (κ3) is 5.13. The van der Waals surface area contributed by atoms with Crippen LogP contribution in [0.5, 0.6) is 5.75 Å². The van der Waals surface area contributed by atoms with Gasteiger partial charge in [-0.25, -0.2) is 9.97 Å². The minimum Gasteiger partial charge on any atom is -0.507 e. The number of hydrogen-bond donors (Lipinski definition) is 2. The average Bonchev–Trinajstić information content (AvgIpc) is 3.21. The number of nitrogens with two attached hydrogens (primary N) is 1. The minimum atomic E-state index is 0.155. The molecule has 0 spiro atoms. The van der Waals surface area contributed by atoms with Gasteiger partial charge in [0.05, 0.1) is 29.3 Å². The SMILES string of the molecule is Nc1nnc(-c2ccccc2O)cc1N1CCCN(c2ccnc(C#CCn3ncc4ccncc43)n2)CC1. The fraction of sp³-hybridized carbons (Fsp3) is 0.214. The van der Waals surface area contributed by atoms with Gasteiger partial charge in [-0.2, -0.15) is 5.10 Å². The van der Waals surface area contributed by atoms with E-state index < -0.39 is 0 Å². The van der Waals surface area contributed by atoms with Crippen molar-refractivity contribution in [3.8, 4) is 28.8 Å². The van der Waals surface area contributed by atoms with E-state index >= 15 is 0 Å². The first kappa shape index (κ1) is 24.1. The summed E-state index contributed by atoms with van der Waals surface area (Å²) in [5.74, 6) is 8.01. The van der Waals surface area contributed by atoms with Gasteiger partial charge in [0, 0.05) is 49.5 Å². The molecule has 1 fully saturated rings. The third-order valence-corrected chi connectivity index (χ3v) is 6.66. The number of nitrogen functional groups attached to an aromatic ring is 1. The number of anilines is 3. The van der Waals surface area contributed by atoms with Crippen LogP contribution in [-0.2, 0) is 6.54 Å². The Balaban J connectivity index is 1.15. The van der Waals surface area contributed by atoms with E-state index in [4.69, 9.17) is 10.7 Å². The molecule has 4 aromatic heterocycles. The number of pyridine rings is 1. The van der Waals surface area contributed by atoms with Crippen molar-refractivity contribution < 1.29 is 5.11 Å². The maximum atomic E-state index is 10.3. The highest BCUT2D eigenvalue weighted by molar-refractivity contribution is 5.77. The number of hydrogen-bond acceptors (Lipinski definition) is 10. The Morgan fingerprint density at radius 1 is 0.949 bits per heavy atom. The fourth-order valence-electron chi connectivity index (χ4n) is 4.67. The van der Waals surface area contributed by atoms with Gasteiger partial charge in [-0.1, -0.05) is 18.1 Å². The summed E-state index contributed by atoms with van der Waals surface area (Å²) in [7, 11) is 0. The second-order valence-corrected chi connectivity index (χ2v) is 9.12. The van der Waals surface area contributed by atoms with Gasteiger partial charge < -0.3 is 20.6 Å². The Hall–Kier alpha value is -5.24. The highest BCUT2D eigenvalue weighted by Gasteiger charge is 2.20. The molecule has 6 rings (SSSR count). The lowest BCUT2D eigenvalue weighted by atomic mass is 10.1. The molecule has 5 heterocycles. The topological polar surface area (TPSA) is 135 Å². The van der Waals surface area contributed by atoms with Crippen molar-refractivity contribution in [3.05, 3.63) is 73.1 Å². The summed E-state index contributed by atoms with van der Waals surface area (Å²) in [5, 5.41) is 24.0. The molecule has 0 amide bonds. The third-order valence-electron chi connectivity index (χ3n) is 6.66. The number of aromatic hydroxyl groups is 1. The molecule has 39 heavy (non-hydrogen) atoms. The van der Waals surface area contributed by atoms with Crippen molar-refractivity contribution in [2.45, 2.75) is 13.0 Å². The quantitative estimate of drug-likeness (QED) is 0.342. The molecular formula is C28H26N10O. The number of fused-ring (bicyclic) bond motifs is 1. The van der Waals surface area contributed by atoms with Crippen molar-refractivity contribution >= 4 is 28.2 Å².